The first-order valence-corrected chi connectivity index (χ1v) is 13.7. The highest BCUT2D eigenvalue weighted by atomic mass is 16.5. The van der Waals surface area contributed by atoms with Crippen molar-refractivity contribution >= 4 is 23.1 Å². The average molecular weight is 534 g/mol. The van der Waals surface area contributed by atoms with Crippen LogP contribution in [0.3, 0.4) is 0 Å². The molecule has 1 fully saturated rings. The number of hydrogen-bond acceptors (Lipinski definition) is 6. The van der Waals surface area contributed by atoms with Crippen LogP contribution in [-0.2, 0) is 16.1 Å². The number of amides is 1. The van der Waals surface area contributed by atoms with Gasteiger partial charge < -0.3 is 30.7 Å². The molecule has 1 unspecified atom stereocenters. The number of carbonyl (C=O) groups is 1. The van der Waals surface area contributed by atoms with Crippen molar-refractivity contribution in [2.45, 2.75) is 59.2 Å². The predicted octanol–water partition coefficient (Wildman–Crippen LogP) is 5.49. The molecule has 4 rings (SSSR count). The quantitative estimate of drug-likeness (QED) is 0.394. The fraction of sp³-hybridized carbons (Fsp3) is 0.419. The number of carbonyl (C=O) groups excluding carboxylic acids is 1. The lowest BCUT2D eigenvalue weighted by molar-refractivity contribution is -0.127. The lowest BCUT2D eigenvalue weighted by Crippen LogP contribution is -2.34. The van der Waals surface area contributed by atoms with E-state index in [4.69, 9.17) is 15.2 Å². The van der Waals surface area contributed by atoms with E-state index in [2.05, 4.69) is 22.5 Å². The number of anilines is 1. The minimum absolute atomic E-state index is 0.148. The van der Waals surface area contributed by atoms with E-state index in [9.17, 15) is 4.79 Å². The minimum Gasteiger partial charge on any atom is -0.489 e. The van der Waals surface area contributed by atoms with Gasteiger partial charge in [0.2, 0.25) is 0 Å². The number of aliphatic imine (C=N–C) groups is 1. The molecule has 2 aromatic rings. The van der Waals surface area contributed by atoms with Crippen LogP contribution in [0.1, 0.15) is 57.6 Å². The van der Waals surface area contributed by atoms with E-state index in [1.165, 1.54) is 19.3 Å². The first kappa shape index (κ1) is 29.8. The number of benzene rings is 2. The Bertz CT molecular complexity index is 1190. The topological polar surface area (TPSA) is 101 Å². The lowest BCUT2D eigenvalue weighted by atomic mass is 9.88. The van der Waals surface area contributed by atoms with Crippen molar-refractivity contribution < 1.29 is 14.3 Å². The van der Waals surface area contributed by atoms with Gasteiger partial charge in [0.25, 0.3) is 5.91 Å². The maximum atomic E-state index is 12.4. The van der Waals surface area contributed by atoms with Crippen molar-refractivity contribution in [3.8, 4) is 5.75 Å². The van der Waals surface area contributed by atoms with E-state index >= 15 is 0 Å². The second kappa shape index (κ2) is 15.0. The molecule has 0 aromatic heterocycles. The van der Waals surface area contributed by atoms with E-state index in [0.717, 1.165) is 22.7 Å². The highest BCUT2D eigenvalue weighted by molar-refractivity contribution is 6.05. The van der Waals surface area contributed by atoms with Crippen LogP contribution in [0, 0.1) is 5.92 Å². The summed E-state index contributed by atoms with van der Waals surface area (Å²) in [5.41, 5.74) is 10.4. The molecule has 1 amide bonds. The van der Waals surface area contributed by atoms with Gasteiger partial charge in [0.1, 0.15) is 24.2 Å². The summed E-state index contributed by atoms with van der Waals surface area (Å²) in [6.45, 7) is 6.96. The number of hydrogen-bond donors (Lipinski definition) is 3. The van der Waals surface area contributed by atoms with Crippen molar-refractivity contribution in [3.63, 3.8) is 0 Å². The van der Waals surface area contributed by atoms with Gasteiger partial charge in [-0.3, -0.25) is 9.79 Å². The number of amidine groups is 1. The minimum atomic E-state index is -0.459. The Morgan fingerprint density at radius 3 is 2.59 bits per heavy atom. The number of nitrogens with one attached hydrogen (secondary N) is 2. The summed E-state index contributed by atoms with van der Waals surface area (Å²) in [7, 11) is 3.64. The van der Waals surface area contributed by atoms with Gasteiger partial charge in [-0.15, -0.1) is 0 Å². The fourth-order valence-corrected chi connectivity index (χ4v) is 4.24. The molecule has 2 aromatic carbocycles. The van der Waals surface area contributed by atoms with E-state index in [0.29, 0.717) is 42.6 Å². The van der Waals surface area contributed by atoms with Crippen LogP contribution < -0.4 is 21.1 Å². The smallest absolute Gasteiger partial charge is 0.253 e. The predicted molar refractivity (Wildman–Crippen MR) is 159 cm³/mol. The standard InChI is InChI=1S/C26H33N5O3.C5H10/c1-5-22(33-6-2)26(32)30-20-11-7-9-18(15-20)17-34-21-12-8-10-19(16-21)23(27)24-25(28-3)29-13-14-31(24)4;1-5-3-2-4-5/h7-16,22H,5-6,17,27H2,1-4H3,(H,28,29)(H,30,32);5H,2-4H2,1H3/b24-23-;. The van der Waals surface area contributed by atoms with Crippen LogP contribution in [0.15, 0.2) is 71.6 Å². The highest BCUT2D eigenvalue weighted by Gasteiger charge is 2.19. The van der Waals surface area contributed by atoms with E-state index in [1.807, 2.05) is 86.7 Å². The molecule has 1 heterocycles. The fourth-order valence-electron chi connectivity index (χ4n) is 4.24. The molecule has 1 saturated carbocycles. The molecule has 39 heavy (non-hydrogen) atoms. The maximum absolute atomic E-state index is 12.4. The Kier molecular flexibility index (Phi) is 11.4. The lowest BCUT2D eigenvalue weighted by Gasteiger charge is -2.26. The molecule has 1 aliphatic carbocycles. The number of nitrogens with two attached hydrogens (primary N) is 1. The molecule has 1 atom stereocenters. The van der Waals surface area contributed by atoms with Crippen molar-refractivity contribution in [3.05, 3.63) is 77.8 Å². The Balaban J connectivity index is 0.000000753. The second-order valence-electron chi connectivity index (χ2n) is 9.80. The summed E-state index contributed by atoms with van der Waals surface area (Å²) in [6.07, 6.45) is 8.32. The first-order valence-electron chi connectivity index (χ1n) is 13.7. The zero-order valence-electron chi connectivity index (χ0n) is 23.9. The Labute approximate surface area is 233 Å². The van der Waals surface area contributed by atoms with Crippen LogP contribution in [0.2, 0.25) is 0 Å². The van der Waals surface area contributed by atoms with Crippen LogP contribution in [0.4, 0.5) is 5.69 Å². The van der Waals surface area contributed by atoms with Gasteiger partial charge in [-0.05, 0) is 49.1 Å². The van der Waals surface area contributed by atoms with Crippen LogP contribution >= 0.6 is 0 Å². The summed E-state index contributed by atoms with van der Waals surface area (Å²) >= 11 is 0. The molecule has 8 nitrogen and oxygen atoms in total. The van der Waals surface area contributed by atoms with E-state index in [-0.39, 0.29) is 5.91 Å². The Hall–Kier alpha value is -3.78. The molecule has 0 saturated heterocycles. The largest absolute Gasteiger partial charge is 0.489 e. The molecule has 0 bridgehead atoms. The number of ether oxygens (including phenoxy) is 2. The first-order chi connectivity index (χ1) is 18.9. The summed E-state index contributed by atoms with van der Waals surface area (Å²) in [4.78, 5) is 18.6. The molecule has 1 aliphatic heterocycles. The van der Waals surface area contributed by atoms with Gasteiger partial charge in [0, 0.05) is 44.4 Å². The number of nitrogens with zero attached hydrogens (tertiary/aromatic N) is 2. The number of likely N-dealkylation sites (N-methyl/N-ethyl adjacent to an activating group) is 1. The van der Waals surface area contributed by atoms with Gasteiger partial charge >= 0.3 is 0 Å². The van der Waals surface area contributed by atoms with Gasteiger partial charge in [0.15, 0.2) is 5.84 Å². The molecular formula is C31H43N5O3. The highest BCUT2D eigenvalue weighted by Crippen LogP contribution is 2.25. The summed E-state index contributed by atoms with van der Waals surface area (Å²) in [6, 6.07) is 15.2. The van der Waals surface area contributed by atoms with E-state index < -0.39 is 6.10 Å². The van der Waals surface area contributed by atoms with Crippen LogP contribution in [0.25, 0.3) is 5.70 Å². The zero-order chi connectivity index (χ0) is 28.2. The normalized spacial score (nSPS) is 17.9. The van der Waals surface area contributed by atoms with E-state index in [1.54, 1.807) is 7.05 Å². The van der Waals surface area contributed by atoms with Crippen LogP contribution in [0.5, 0.6) is 5.75 Å². The second-order valence-corrected chi connectivity index (χ2v) is 9.80. The van der Waals surface area contributed by atoms with Gasteiger partial charge in [-0.2, -0.15) is 0 Å². The van der Waals surface area contributed by atoms with Crippen molar-refractivity contribution in [2.75, 3.05) is 26.0 Å². The number of rotatable bonds is 9. The third kappa shape index (κ3) is 8.61. The Morgan fingerprint density at radius 2 is 1.95 bits per heavy atom. The molecule has 2 aliphatic rings. The molecular weight excluding hydrogens is 490 g/mol. The van der Waals surface area contributed by atoms with Crippen molar-refractivity contribution in [1.29, 1.82) is 0 Å². The maximum Gasteiger partial charge on any atom is 0.253 e. The van der Waals surface area contributed by atoms with Gasteiger partial charge in [-0.1, -0.05) is 57.4 Å². The average Bonchev–Trinajstić information content (AvgIpc) is 2.93. The van der Waals surface area contributed by atoms with Crippen molar-refractivity contribution in [2.24, 2.45) is 16.6 Å². The van der Waals surface area contributed by atoms with Gasteiger partial charge in [0.05, 0.1) is 5.70 Å². The summed E-state index contributed by atoms with van der Waals surface area (Å²) in [5, 5.41) is 6.04. The zero-order valence-corrected chi connectivity index (χ0v) is 23.9. The molecule has 0 spiro atoms. The summed E-state index contributed by atoms with van der Waals surface area (Å²) in [5.74, 6) is 2.30. The Morgan fingerprint density at radius 1 is 1.21 bits per heavy atom. The third-order valence-electron chi connectivity index (χ3n) is 6.74. The molecule has 4 N–H and O–H groups in total. The molecule has 0 radical (unpaired) electrons. The van der Waals surface area contributed by atoms with Crippen molar-refractivity contribution in [1.82, 2.24) is 10.2 Å². The monoisotopic (exact) mass is 533 g/mol. The molecule has 8 heteroatoms. The third-order valence-corrected chi connectivity index (χ3v) is 6.74. The van der Waals surface area contributed by atoms with Crippen LogP contribution in [-0.4, -0.2) is 43.4 Å². The van der Waals surface area contributed by atoms with Gasteiger partial charge in [-0.25, -0.2) is 0 Å². The SMILES string of the molecule is CC1CCC1.CCOC(CC)C(=O)Nc1cccc(COc2cccc(/C(N)=C3\C(=NC)NC=CN3C)c2)c1. The summed E-state index contributed by atoms with van der Waals surface area (Å²) < 4.78 is 11.5. The molecule has 210 valence electrons.